The van der Waals surface area contributed by atoms with Gasteiger partial charge >= 0.3 is 0 Å². The maximum atomic E-state index is 13.9. The number of aromatic nitrogens is 1. The Morgan fingerprint density at radius 3 is 2.89 bits per heavy atom. The molecule has 0 bridgehead atoms. The van der Waals surface area contributed by atoms with Crippen LogP contribution in [0.1, 0.15) is 40.6 Å². The molecule has 0 amide bonds. The van der Waals surface area contributed by atoms with Gasteiger partial charge in [0, 0.05) is 17.8 Å². The quantitative estimate of drug-likeness (QED) is 0.821. The molecule has 19 heavy (non-hydrogen) atoms. The number of hydrogen-bond donors (Lipinski definition) is 1. The van der Waals surface area contributed by atoms with Gasteiger partial charge in [0.05, 0.1) is 0 Å². The fraction of sp³-hybridized carbons (Fsp3) is 0.312. The molecule has 2 atom stereocenters. The first kappa shape index (κ1) is 12.2. The van der Waals surface area contributed by atoms with Crippen LogP contribution >= 0.6 is 0 Å². The molecule has 3 rings (SSSR count). The van der Waals surface area contributed by atoms with E-state index in [1.165, 1.54) is 6.07 Å². The number of fused-ring (bicyclic) bond motifs is 1. The summed E-state index contributed by atoms with van der Waals surface area (Å²) in [4.78, 5) is 14.6. The van der Waals surface area contributed by atoms with Crippen molar-refractivity contribution in [3.8, 4) is 0 Å². The van der Waals surface area contributed by atoms with Crippen LogP contribution < -0.4 is 0 Å². The third-order valence-corrected chi connectivity index (χ3v) is 4.08. The lowest BCUT2D eigenvalue weighted by molar-refractivity contribution is -0.109. The highest BCUT2D eigenvalue weighted by molar-refractivity contribution is 5.65. The summed E-state index contributed by atoms with van der Waals surface area (Å²) in [5, 5.41) is 0. The van der Waals surface area contributed by atoms with Crippen molar-refractivity contribution in [3.63, 3.8) is 0 Å². The second-order valence-electron chi connectivity index (χ2n) is 5.26. The number of benzene rings is 1. The van der Waals surface area contributed by atoms with Gasteiger partial charge in [-0.05, 0) is 48.4 Å². The van der Waals surface area contributed by atoms with E-state index < -0.39 is 0 Å². The Hall–Kier alpha value is -1.90. The lowest BCUT2D eigenvalue weighted by Gasteiger charge is -2.27. The number of carbonyl (C=O) groups excluding carboxylic acids is 1. The van der Waals surface area contributed by atoms with Gasteiger partial charge in [0.15, 0.2) is 0 Å². The zero-order valence-electron chi connectivity index (χ0n) is 10.8. The average molecular weight is 257 g/mol. The van der Waals surface area contributed by atoms with Gasteiger partial charge in [-0.25, -0.2) is 4.39 Å². The van der Waals surface area contributed by atoms with Crippen LogP contribution in [0.2, 0.25) is 0 Å². The van der Waals surface area contributed by atoms with E-state index in [9.17, 15) is 9.18 Å². The summed E-state index contributed by atoms with van der Waals surface area (Å²) in [6.07, 6.45) is 4.39. The van der Waals surface area contributed by atoms with Crippen LogP contribution in [0.15, 0.2) is 30.5 Å². The Labute approximate surface area is 111 Å². The second-order valence-corrected chi connectivity index (χ2v) is 5.26. The number of nitrogens with one attached hydrogen (secondary N) is 1. The number of halogens is 1. The summed E-state index contributed by atoms with van der Waals surface area (Å²) in [7, 11) is 0. The van der Waals surface area contributed by atoms with Crippen molar-refractivity contribution >= 4 is 6.29 Å². The van der Waals surface area contributed by atoms with Gasteiger partial charge in [0.2, 0.25) is 0 Å². The summed E-state index contributed by atoms with van der Waals surface area (Å²) >= 11 is 0. The maximum absolute atomic E-state index is 13.9. The van der Waals surface area contributed by atoms with Gasteiger partial charge in [-0.15, -0.1) is 0 Å². The van der Waals surface area contributed by atoms with E-state index in [1.807, 2.05) is 25.3 Å². The van der Waals surface area contributed by atoms with E-state index in [4.69, 9.17) is 0 Å². The van der Waals surface area contributed by atoms with E-state index >= 15 is 0 Å². The Kier molecular flexibility index (Phi) is 2.97. The van der Waals surface area contributed by atoms with Gasteiger partial charge in [-0.2, -0.15) is 0 Å². The fourth-order valence-electron chi connectivity index (χ4n) is 3.19. The molecule has 0 saturated heterocycles. The molecular formula is C16H16FNO. The molecule has 0 radical (unpaired) electrons. The van der Waals surface area contributed by atoms with E-state index in [0.29, 0.717) is 12.0 Å². The van der Waals surface area contributed by atoms with E-state index in [-0.39, 0.29) is 17.7 Å². The number of rotatable bonds is 2. The molecule has 0 aliphatic heterocycles. The van der Waals surface area contributed by atoms with Crippen molar-refractivity contribution in [3.05, 3.63) is 58.7 Å². The van der Waals surface area contributed by atoms with Crippen LogP contribution in [0.5, 0.6) is 0 Å². The summed E-state index contributed by atoms with van der Waals surface area (Å²) in [5.74, 6) is -0.231. The van der Waals surface area contributed by atoms with Crippen molar-refractivity contribution in [2.75, 3.05) is 0 Å². The summed E-state index contributed by atoms with van der Waals surface area (Å²) in [5.41, 5.74) is 4.03. The molecule has 2 aromatic rings. The molecule has 2 nitrogen and oxygen atoms in total. The van der Waals surface area contributed by atoms with E-state index in [1.54, 1.807) is 6.07 Å². The third-order valence-electron chi connectivity index (χ3n) is 4.08. The molecule has 1 aliphatic rings. The molecular weight excluding hydrogens is 241 g/mol. The lowest BCUT2D eigenvalue weighted by Crippen LogP contribution is -2.19. The first-order chi connectivity index (χ1) is 9.20. The van der Waals surface area contributed by atoms with E-state index in [0.717, 1.165) is 29.5 Å². The Balaban J connectivity index is 2.01. The molecule has 98 valence electrons. The minimum absolute atomic E-state index is 0.0712. The Morgan fingerprint density at radius 1 is 1.37 bits per heavy atom. The van der Waals surface area contributed by atoms with Crippen LogP contribution in [0.4, 0.5) is 4.39 Å². The molecule has 0 spiro atoms. The molecule has 1 aliphatic carbocycles. The van der Waals surface area contributed by atoms with E-state index in [2.05, 4.69) is 4.98 Å². The van der Waals surface area contributed by atoms with Gasteiger partial charge in [0.25, 0.3) is 0 Å². The second kappa shape index (κ2) is 4.65. The number of aryl methyl sites for hydroxylation is 1. The largest absolute Gasteiger partial charge is 0.364 e. The Morgan fingerprint density at radius 2 is 2.16 bits per heavy atom. The van der Waals surface area contributed by atoms with Crippen molar-refractivity contribution < 1.29 is 9.18 Å². The molecule has 1 heterocycles. The number of H-pyrrole nitrogens is 1. The normalized spacial score (nSPS) is 22.0. The van der Waals surface area contributed by atoms with Gasteiger partial charge < -0.3 is 9.78 Å². The first-order valence-electron chi connectivity index (χ1n) is 6.57. The summed E-state index contributed by atoms with van der Waals surface area (Å²) in [6.45, 7) is 2.01. The highest BCUT2D eigenvalue weighted by Gasteiger charge is 2.31. The van der Waals surface area contributed by atoms with Crippen molar-refractivity contribution in [2.45, 2.75) is 31.6 Å². The minimum atomic E-state index is -0.177. The fourth-order valence-corrected chi connectivity index (χ4v) is 3.19. The minimum Gasteiger partial charge on any atom is -0.364 e. The maximum Gasteiger partial charge on any atom is 0.127 e. The van der Waals surface area contributed by atoms with Crippen LogP contribution in [0, 0.1) is 12.7 Å². The van der Waals surface area contributed by atoms with Crippen LogP contribution in [-0.2, 0) is 11.2 Å². The highest BCUT2D eigenvalue weighted by atomic mass is 19.1. The monoisotopic (exact) mass is 257 g/mol. The Bertz CT molecular complexity index is 617. The van der Waals surface area contributed by atoms with Crippen LogP contribution in [0.3, 0.4) is 0 Å². The standard InChI is InChI=1S/C16H16FNO/c1-10-8-18-15-7-11(6-12(9-19)16(10)15)13-4-2-3-5-14(13)17/h2-5,8-9,11-12,18H,6-7H2,1H3. The lowest BCUT2D eigenvalue weighted by atomic mass is 9.76. The predicted octanol–water partition coefficient (Wildman–Crippen LogP) is 3.47. The zero-order valence-corrected chi connectivity index (χ0v) is 10.8. The molecule has 1 N–H and O–H groups in total. The first-order valence-corrected chi connectivity index (χ1v) is 6.57. The SMILES string of the molecule is Cc1c[nH]c2c1C(C=O)CC(c1ccccc1F)C2. The van der Waals surface area contributed by atoms with Gasteiger partial charge in [-0.1, -0.05) is 18.2 Å². The number of aldehydes is 1. The average Bonchev–Trinajstić information content (AvgIpc) is 2.80. The smallest absolute Gasteiger partial charge is 0.127 e. The van der Waals surface area contributed by atoms with Crippen LogP contribution in [-0.4, -0.2) is 11.3 Å². The highest BCUT2D eigenvalue weighted by Crippen LogP contribution is 2.40. The topological polar surface area (TPSA) is 32.9 Å². The molecule has 3 heteroatoms. The molecule has 0 fully saturated rings. The van der Waals surface area contributed by atoms with Gasteiger partial charge in [-0.3, -0.25) is 0 Å². The van der Waals surface area contributed by atoms with Crippen molar-refractivity contribution in [1.29, 1.82) is 0 Å². The van der Waals surface area contributed by atoms with Crippen molar-refractivity contribution in [1.82, 2.24) is 4.98 Å². The number of carbonyl (C=O) groups is 1. The third kappa shape index (κ3) is 1.99. The number of hydrogen-bond acceptors (Lipinski definition) is 1. The van der Waals surface area contributed by atoms with Crippen LogP contribution in [0.25, 0.3) is 0 Å². The molecule has 1 aromatic heterocycles. The van der Waals surface area contributed by atoms with Gasteiger partial charge in [0.1, 0.15) is 12.1 Å². The summed E-state index contributed by atoms with van der Waals surface area (Å²) in [6, 6.07) is 6.86. The number of aromatic amines is 1. The summed E-state index contributed by atoms with van der Waals surface area (Å²) < 4.78 is 13.9. The molecule has 1 aromatic carbocycles. The predicted molar refractivity (Wildman–Crippen MR) is 71.8 cm³/mol. The zero-order chi connectivity index (χ0) is 13.4. The molecule has 2 unspecified atom stereocenters. The van der Waals surface area contributed by atoms with Crippen molar-refractivity contribution in [2.24, 2.45) is 0 Å². The molecule has 0 saturated carbocycles.